The van der Waals surface area contributed by atoms with Gasteiger partial charge < -0.3 is 14.5 Å². The predicted molar refractivity (Wildman–Crippen MR) is 104 cm³/mol. The third-order valence-electron chi connectivity index (χ3n) is 4.28. The van der Waals surface area contributed by atoms with Gasteiger partial charge in [0.2, 0.25) is 17.7 Å². The molecule has 0 aliphatic heterocycles. The Labute approximate surface area is 165 Å². The molecule has 9 nitrogen and oxygen atoms in total. The fraction of sp³-hybridized carbons (Fsp3) is 0.150. The predicted octanol–water partition coefficient (Wildman–Crippen LogP) is 2.97. The van der Waals surface area contributed by atoms with Crippen molar-refractivity contribution in [2.75, 3.05) is 12.4 Å². The second-order valence-corrected chi connectivity index (χ2v) is 6.24. The number of carbonyl (C=O) groups excluding carboxylic acids is 2. The van der Waals surface area contributed by atoms with Crippen molar-refractivity contribution >= 4 is 28.5 Å². The minimum atomic E-state index is -0.551. The van der Waals surface area contributed by atoms with Gasteiger partial charge in [0, 0.05) is 29.5 Å². The molecule has 4 aromatic rings. The molecule has 0 spiro atoms. The Morgan fingerprint density at radius 3 is 2.76 bits per heavy atom. The van der Waals surface area contributed by atoms with Crippen LogP contribution in [0.3, 0.4) is 0 Å². The van der Waals surface area contributed by atoms with E-state index < -0.39 is 5.97 Å². The molecule has 9 heteroatoms. The number of rotatable bonds is 6. The summed E-state index contributed by atoms with van der Waals surface area (Å²) in [5.74, 6) is 0.0382. The number of amides is 1. The monoisotopic (exact) mass is 391 g/mol. The Hall–Kier alpha value is -4.01. The molecule has 29 heavy (non-hydrogen) atoms. The second-order valence-electron chi connectivity index (χ2n) is 6.24. The normalized spacial score (nSPS) is 10.8. The summed E-state index contributed by atoms with van der Waals surface area (Å²) in [5, 5.41) is 18.1. The maximum absolute atomic E-state index is 12.3. The molecular formula is C20H17N5O4. The Morgan fingerprint density at radius 1 is 1.14 bits per heavy atom. The van der Waals surface area contributed by atoms with E-state index >= 15 is 0 Å². The van der Waals surface area contributed by atoms with Crippen LogP contribution in [0, 0.1) is 0 Å². The van der Waals surface area contributed by atoms with Crippen molar-refractivity contribution in [2.45, 2.75) is 12.8 Å². The summed E-state index contributed by atoms with van der Waals surface area (Å²) < 4.78 is 10.3. The molecule has 0 radical (unpaired) electrons. The zero-order chi connectivity index (χ0) is 20.2. The average molecular weight is 391 g/mol. The molecule has 2 aromatic heterocycles. The van der Waals surface area contributed by atoms with Crippen molar-refractivity contribution in [1.29, 1.82) is 0 Å². The minimum Gasteiger partial charge on any atom is -0.464 e. The number of hydrogen-bond acceptors (Lipinski definition) is 7. The Kier molecular flexibility index (Phi) is 5.02. The molecule has 2 heterocycles. The van der Waals surface area contributed by atoms with E-state index in [1.165, 1.54) is 7.11 Å². The molecule has 0 unspecified atom stereocenters. The first-order chi connectivity index (χ1) is 14.1. The summed E-state index contributed by atoms with van der Waals surface area (Å²) in [6.07, 6.45) is 0.483. The van der Waals surface area contributed by atoms with Crippen molar-refractivity contribution in [1.82, 2.24) is 20.4 Å². The number of nitrogens with zero attached hydrogens (tertiary/aromatic N) is 3. The summed E-state index contributed by atoms with van der Waals surface area (Å²) >= 11 is 0. The van der Waals surface area contributed by atoms with Gasteiger partial charge in [0.1, 0.15) is 0 Å². The molecule has 2 aromatic carbocycles. The second kappa shape index (κ2) is 7.93. The number of anilines is 1. The molecular weight excluding hydrogens is 374 g/mol. The highest BCUT2D eigenvalue weighted by Crippen LogP contribution is 2.22. The number of H-pyrrole nitrogens is 1. The maximum Gasteiger partial charge on any atom is 0.359 e. The molecule has 0 fully saturated rings. The summed E-state index contributed by atoms with van der Waals surface area (Å²) in [4.78, 5) is 24.1. The van der Waals surface area contributed by atoms with Gasteiger partial charge in [-0.2, -0.15) is 5.10 Å². The zero-order valence-corrected chi connectivity index (χ0v) is 15.5. The lowest BCUT2D eigenvalue weighted by molar-refractivity contribution is -0.116. The molecule has 0 aliphatic rings. The quantitative estimate of drug-likeness (QED) is 0.484. The SMILES string of the molecule is COC(=O)c1n[nH]c2ccc(NC(=O)CCc3nnc(-c4ccccc4)o3)cc12. The van der Waals surface area contributed by atoms with Gasteiger partial charge in [0.15, 0.2) is 5.69 Å². The van der Waals surface area contributed by atoms with Gasteiger partial charge in [-0.1, -0.05) is 18.2 Å². The van der Waals surface area contributed by atoms with Crippen LogP contribution in [0.25, 0.3) is 22.4 Å². The molecule has 0 saturated carbocycles. The molecule has 0 bridgehead atoms. The smallest absolute Gasteiger partial charge is 0.359 e. The Bertz CT molecular complexity index is 1170. The van der Waals surface area contributed by atoms with Crippen LogP contribution < -0.4 is 5.32 Å². The van der Waals surface area contributed by atoms with Crippen molar-refractivity contribution in [3.05, 3.63) is 60.1 Å². The molecule has 1 amide bonds. The summed E-state index contributed by atoms with van der Waals surface area (Å²) in [5.41, 5.74) is 2.20. The number of aromatic nitrogens is 4. The van der Waals surface area contributed by atoms with Crippen molar-refractivity contribution in [3.8, 4) is 11.5 Å². The number of nitrogens with one attached hydrogen (secondary N) is 2. The number of hydrogen-bond donors (Lipinski definition) is 2. The van der Waals surface area contributed by atoms with Gasteiger partial charge in [-0.15, -0.1) is 10.2 Å². The number of aryl methyl sites for hydroxylation is 1. The number of aromatic amines is 1. The number of methoxy groups -OCH3 is 1. The van der Waals surface area contributed by atoms with E-state index in [-0.39, 0.29) is 18.0 Å². The Balaban J connectivity index is 1.40. The van der Waals surface area contributed by atoms with Crippen LogP contribution in [0.1, 0.15) is 22.8 Å². The Morgan fingerprint density at radius 2 is 1.97 bits per heavy atom. The lowest BCUT2D eigenvalue weighted by Gasteiger charge is -2.04. The van der Waals surface area contributed by atoms with E-state index in [4.69, 9.17) is 9.15 Å². The van der Waals surface area contributed by atoms with Gasteiger partial charge in [-0.3, -0.25) is 9.89 Å². The third-order valence-corrected chi connectivity index (χ3v) is 4.28. The zero-order valence-electron chi connectivity index (χ0n) is 15.5. The molecule has 2 N–H and O–H groups in total. The van der Waals surface area contributed by atoms with Gasteiger partial charge in [-0.05, 0) is 30.3 Å². The first kappa shape index (κ1) is 18.4. The first-order valence-corrected chi connectivity index (χ1v) is 8.88. The van der Waals surface area contributed by atoms with E-state index in [0.717, 1.165) is 5.56 Å². The molecule has 0 saturated heterocycles. The lowest BCUT2D eigenvalue weighted by atomic mass is 10.2. The highest BCUT2D eigenvalue weighted by Gasteiger charge is 2.16. The van der Waals surface area contributed by atoms with Crippen molar-refractivity contribution in [3.63, 3.8) is 0 Å². The van der Waals surface area contributed by atoms with Crippen LogP contribution >= 0.6 is 0 Å². The number of fused-ring (bicyclic) bond motifs is 1. The summed E-state index contributed by atoms with van der Waals surface area (Å²) in [6.45, 7) is 0. The fourth-order valence-corrected chi connectivity index (χ4v) is 2.84. The van der Waals surface area contributed by atoms with Crippen LogP contribution in [-0.2, 0) is 16.0 Å². The van der Waals surface area contributed by atoms with Crippen LogP contribution in [0.5, 0.6) is 0 Å². The summed E-state index contributed by atoms with van der Waals surface area (Å²) in [7, 11) is 1.29. The largest absolute Gasteiger partial charge is 0.464 e. The van der Waals surface area contributed by atoms with Gasteiger partial charge in [0.25, 0.3) is 0 Å². The minimum absolute atomic E-state index is 0.165. The summed E-state index contributed by atoms with van der Waals surface area (Å²) in [6, 6.07) is 14.5. The van der Waals surface area contributed by atoms with E-state index in [2.05, 4.69) is 25.7 Å². The first-order valence-electron chi connectivity index (χ1n) is 8.88. The highest BCUT2D eigenvalue weighted by atomic mass is 16.5. The van der Waals surface area contributed by atoms with Gasteiger partial charge in [-0.25, -0.2) is 4.79 Å². The van der Waals surface area contributed by atoms with Gasteiger partial charge >= 0.3 is 5.97 Å². The van der Waals surface area contributed by atoms with Crippen LogP contribution in [0.4, 0.5) is 5.69 Å². The third kappa shape index (κ3) is 3.98. The molecule has 0 aliphatic carbocycles. The van der Waals surface area contributed by atoms with Crippen LogP contribution in [0.15, 0.2) is 52.9 Å². The van der Waals surface area contributed by atoms with E-state index in [1.807, 2.05) is 30.3 Å². The van der Waals surface area contributed by atoms with E-state index in [0.29, 0.717) is 34.8 Å². The standard InChI is InChI=1S/C20H17N5O4/c1-28-20(27)18-14-11-13(7-8-15(14)22-24-18)21-16(26)9-10-17-23-25-19(29-17)12-5-3-2-4-6-12/h2-8,11H,9-10H2,1H3,(H,21,26)(H,22,24). The van der Waals surface area contributed by atoms with Crippen molar-refractivity contribution in [2.24, 2.45) is 0 Å². The van der Waals surface area contributed by atoms with Crippen LogP contribution in [-0.4, -0.2) is 39.4 Å². The number of ether oxygens (including phenoxy) is 1. The average Bonchev–Trinajstić information content (AvgIpc) is 3.39. The maximum atomic E-state index is 12.3. The molecule has 4 rings (SSSR count). The number of carbonyl (C=O) groups is 2. The topological polar surface area (TPSA) is 123 Å². The fourth-order valence-electron chi connectivity index (χ4n) is 2.84. The number of esters is 1. The molecule has 0 atom stereocenters. The highest BCUT2D eigenvalue weighted by molar-refractivity contribution is 6.03. The van der Waals surface area contributed by atoms with E-state index in [9.17, 15) is 9.59 Å². The van der Waals surface area contributed by atoms with E-state index in [1.54, 1.807) is 18.2 Å². The molecule has 146 valence electrons. The number of benzene rings is 2. The lowest BCUT2D eigenvalue weighted by Crippen LogP contribution is -2.12. The van der Waals surface area contributed by atoms with Crippen LogP contribution in [0.2, 0.25) is 0 Å². The van der Waals surface area contributed by atoms with Gasteiger partial charge in [0.05, 0.1) is 12.6 Å². The van der Waals surface area contributed by atoms with Crippen molar-refractivity contribution < 1.29 is 18.7 Å².